The highest BCUT2D eigenvalue weighted by Crippen LogP contribution is 2.24. The molecule has 2 rings (SSSR count). The zero-order valence-electron chi connectivity index (χ0n) is 8.54. The molecule has 0 saturated heterocycles. The topological polar surface area (TPSA) is 55.1 Å². The molecule has 3 nitrogen and oxygen atoms in total. The van der Waals surface area contributed by atoms with Crippen molar-refractivity contribution in [3.05, 3.63) is 44.8 Å². The van der Waals surface area contributed by atoms with Crippen molar-refractivity contribution in [2.45, 2.75) is 0 Å². The molecule has 0 aliphatic heterocycles. The molecule has 1 heterocycles. The number of halogens is 2. The highest BCUT2D eigenvalue weighted by Gasteiger charge is 2.10. The van der Waals surface area contributed by atoms with Crippen LogP contribution in [0, 0.1) is 5.82 Å². The summed E-state index contributed by atoms with van der Waals surface area (Å²) >= 11 is 4.59. The Labute approximate surface area is 110 Å². The van der Waals surface area contributed by atoms with Gasteiger partial charge in [0.2, 0.25) is 0 Å². The van der Waals surface area contributed by atoms with Crippen LogP contribution in [-0.2, 0) is 0 Å². The van der Waals surface area contributed by atoms with E-state index in [1.54, 1.807) is 12.1 Å². The molecule has 0 fully saturated rings. The largest absolute Gasteiger partial charge is 0.397 e. The third-order valence-electron chi connectivity index (χ3n) is 2.06. The van der Waals surface area contributed by atoms with Gasteiger partial charge in [-0.1, -0.05) is 0 Å². The molecule has 0 aliphatic carbocycles. The summed E-state index contributed by atoms with van der Waals surface area (Å²) in [6.07, 6.45) is 0. The average molecular weight is 315 g/mol. The molecule has 1 aromatic carbocycles. The predicted octanol–water partition coefficient (Wildman–Crippen LogP) is 3.48. The van der Waals surface area contributed by atoms with E-state index in [1.165, 1.54) is 29.5 Å². The van der Waals surface area contributed by atoms with Gasteiger partial charge in [-0.05, 0) is 46.3 Å². The molecule has 0 aliphatic rings. The fourth-order valence-corrected chi connectivity index (χ4v) is 2.55. The van der Waals surface area contributed by atoms with Gasteiger partial charge in [0.15, 0.2) is 0 Å². The Morgan fingerprint density at radius 1 is 1.35 bits per heavy atom. The Morgan fingerprint density at radius 2 is 2.12 bits per heavy atom. The highest BCUT2D eigenvalue weighted by molar-refractivity contribution is 9.11. The number of carbonyl (C=O) groups is 1. The second kappa shape index (κ2) is 4.85. The minimum absolute atomic E-state index is 0.203. The number of amides is 1. The van der Waals surface area contributed by atoms with Gasteiger partial charge in [0.05, 0.1) is 20.0 Å². The summed E-state index contributed by atoms with van der Waals surface area (Å²) in [5.41, 5.74) is 6.20. The first kappa shape index (κ1) is 12.1. The molecule has 17 heavy (non-hydrogen) atoms. The van der Waals surface area contributed by atoms with Crippen molar-refractivity contribution in [1.82, 2.24) is 0 Å². The first-order valence-corrected chi connectivity index (χ1v) is 6.29. The van der Waals surface area contributed by atoms with Crippen LogP contribution in [0.3, 0.4) is 0 Å². The van der Waals surface area contributed by atoms with Crippen LogP contribution < -0.4 is 11.1 Å². The summed E-state index contributed by atoms with van der Waals surface area (Å²) in [4.78, 5) is 12.3. The lowest BCUT2D eigenvalue weighted by atomic mass is 10.2. The number of rotatable bonds is 2. The lowest BCUT2D eigenvalue weighted by molar-refractivity contribution is 0.103. The number of nitrogens with one attached hydrogen (secondary N) is 1. The molecule has 0 saturated carbocycles. The standard InChI is InChI=1S/C11H8BrFN2OS/c12-10-4-3-9(17-10)11(16)15-8-2-1-6(13)5-7(8)14/h1-5H,14H2,(H,15,16). The number of anilines is 2. The highest BCUT2D eigenvalue weighted by atomic mass is 79.9. The van der Waals surface area contributed by atoms with Crippen LogP contribution in [0.15, 0.2) is 34.1 Å². The van der Waals surface area contributed by atoms with Crippen molar-refractivity contribution < 1.29 is 9.18 Å². The molecular formula is C11H8BrFN2OS. The number of thiophene rings is 1. The Balaban J connectivity index is 2.18. The van der Waals surface area contributed by atoms with Gasteiger partial charge in [0.1, 0.15) is 5.82 Å². The molecule has 0 bridgehead atoms. The maximum absolute atomic E-state index is 12.8. The zero-order valence-corrected chi connectivity index (χ0v) is 10.9. The van der Waals surface area contributed by atoms with Gasteiger partial charge in [-0.3, -0.25) is 4.79 Å². The Bertz CT molecular complexity index is 570. The summed E-state index contributed by atoms with van der Waals surface area (Å²) in [5, 5.41) is 2.63. The van der Waals surface area contributed by atoms with Crippen LogP contribution in [0.4, 0.5) is 15.8 Å². The lowest BCUT2D eigenvalue weighted by Gasteiger charge is -2.06. The summed E-state index contributed by atoms with van der Waals surface area (Å²) in [7, 11) is 0. The van der Waals surface area contributed by atoms with Crippen LogP contribution in [0.2, 0.25) is 0 Å². The van der Waals surface area contributed by atoms with Gasteiger partial charge in [0.25, 0.3) is 5.91 Å². The van der Waals surface area contributed by atoms with Crippen LogP contribution in [0.1, 0.15) is 9.67 Å². The van der Waals surface area contributed by atoms with Gasteiger partial charge in [-0.15, -0.1) is 11.3 Å². The molecule has 88 valence electrons. The first-order chi connectivity index (χ1) is 8.06. The van der Waals surface area contributed by atoms with Crippen LogP contribution in [0.25, 0.3) is 0 Å². The Hall–Kier alpha value is -1.40. The van der Waals surface area contributed by atoms with E-state index in [4.69, 9.17) is 5.73 Å². The fraction of sp³-hybridized carbons (Fsp3) is 0. The normalized spacial score (nSPS) is 10.2. The smallest absolute Gasteiger partial charge is 0.265 e. The van der Waals surface area contributed by atoms with Crippen LogP contribution in [-0.4, -0.2) is 5.91 Å². The number of nitrogens with two attached hydrogens (primary N) is 1. The molecule has 0 atom stereocenters. The van der Waals surface area contributed by atoms with E-state index < -0.39 is 5.82 Å². The number of benzene rings is 1. The predicted molar refractivity (Wildman–Crippen MR) is 70.8 cm³/mol. The molecule has 1 aromatic heterocycles. The van der Waals surface area contributed by atoms with Gasteiger partial charge >= 0.3 is 0 Å². The van der Waals surface area contributed by atoms with Gasteiger partial charge in [0, 0.05) is 0 Å². The van der Waals surface area contributed by atoms with Gasteiger partial charge < -0.3 is 11.1 Å². The fourth-order valence-electron chi connectivity index (χ4n) is 1.27. The van der Waals surface area contributed by atoms with E-state index in [1.807, 2.05) is 0 Å². The molecule has 6 heteroatoms. The van der Waals surface area contributed by atoms with Crippen molar-refractivity contribution in [2.24, 2.45) is 0 Å². The summed E-state index contributed by atoms with van der Waals surface area (Å²) in [6.45, 7) is 0. The average Bonchev–Trinajstić information content (AvgIpc) is 2.69. The van der Waals surface area contributed by atoms with E-state index in [0.29, 0.717) is 10.6 Å². The molecule has 0 radical (unpaired) electrons. The van der Waals surface area contributed by atoms with E-state index in [9.17, 15) is 9.18 Å². The van der Waals surface area contributed by atoms with E-state index >= 15 is 0 Å². The molecule has 2 aromatic rings. The van der Waals surface area contributed by atoms with Crippen molar-refractivity contribution in [1.29, 1.82) is 0 Å². The molecular weight excluding hydrogens is 307 g/mol. The van der Waals surface area contributed by atoms with Crippen molar-refractivity contribution in [3.8, 4) is 0 Å². The monoisotopic (exact) mass is 314 g/mol. The second-order valence-corrected chi connectivity index (χ2v) is 5.75. The number of nitrogen functional groups attached to an aromatic ring is 1. The zero-order chi connectivity index (χ0) is 12.4. The van der Waals surface area contributed by atoms with Gasteiger partial charge in [-0.25, -0.2) is 4.39 Å². The number of hydrogen-bond donors (Lipinski definition) is 2. The number of hydrogen-bond acceptors (Lipinski definition) is 3. The third kappa shape index (κ3) is 2.83. The lowest BCUT2D eigenvalue weighted by Crippen LogP contribution is -2.11. The Morgan fingerprint density at radius 3 is 2.71 bits per heavy atom. The van der Waals surface area contributed by atoms with E-state index in [-0.39, 0.29) is 11.6 Å². The molecule has 0 unspecified atom stereocenters. The summed E-state index contributed by atoms with van der Waals surface area (Å²) in [5.74, 6) is -0.696. The van der Waals surface area contributed by atoms with Crippen molar-refractivity contribution in [2.75, 3.05) is 11.1 Å². The van der Waals surface area contributed by atoms with E-state index in [2.05, 4.69) is 21.2 Å². The third-order valence-corrected chi connectivity index (χ3v) is 3.68. The second-order valence-electron chi connectivity index (χ2n) is 3.29. The molecule has 0 spiro atoms. The van der Waals surface area contributed by atoms with Crippen molar-refractivity contribution >= 4 is 44.5 Å². The van der Waals surface area contributed by atoms with Crippen LogP contribution >= 0.6 is 27.3 Å². The Kier molecular flexibility index (Phi) is 3.44. The summed E-state index contributed by atoms with van der Waals surface area (Å²) < 4.78 is 13.7. The molecule has 3 N–H and O–H groups in total. The van der Waals surface area contributed by atoms with Crippen molar-refractivity contribution in [3.63, 3.8) is 0 Å². The number of carbonyl (C=O) groups excluding carboxylic acids is 1. The minimum Gasteiger partial charge on any atom is -0.397 e. The molecule has 1 amide bonds. The van der Waals surface area contributed by atoms with Gasteiger partial charge in [-0.2, -0.15) is 0 Å². The first-order valence-electron chi connectivity index (χ1n) is 4.68. The quantitative estimate of drug-likeness (QED) is 0.834. The van der Waals surface area contributed by atoms with E-state index in [0.717, 1.165) is 3.79 Å². The summed E-state index contributed by atoms with van der Waals surface area (Å²) in [6, 6.07) is 7.33. The maximum atomic E-state index is 12.8. The van der Waals surface area contributed by atoms with Crippen LogP contribution in [0.5, 0.6) is 0 Å². The maximum Gasteiger partial charge on any atom is 0.265 e. The SMILES string of the molecule is Nc1cc(F)ccc1NC(=O)c1ccc(Br)s1. The minimum atomic E-state index is -0.431.